The Morgan fingerprint density at radius 1 is 1.09 bits per heavy atom. The molecule has 3 aromatic rings. The highest BCUT2D eigenvalue weighted by Gasteiger charge is 2.22. The van der Waals surface area contributed by atoms with Crippen LogP contribution in [0.5, 0.6) is 0 Å². The maximum atomic E-state index is 12.5. The van der Waals surface area contributed by atoms with Crippen LogP contribution in [0.2, 0.25) is 0 Å². The zero-order valence-corrected chi connectivity index (χ0v) is 18.6. The van der Waals surface area contributed by atoms with E-state index in [2.05, 4.69) is 20.2 Å². The monoisotopic (exact) mass is 433 g/mol. The van der Waals surface area contributed by atoms with Gasteiger partial charge in [-0.3, -0.25) is 14.5 Å². The first-order valence-electron chi connectivity index (χ1n) is 11.3. The number of aromatic amines is 1. The number of imidazole rings is 1. The molecule has 7 nitrogen and oxygen atoms in total. The number of rotatable bonds is 8. The number of para-hydroxylation sites is 2. The van der Waals surface area contributed by atoms with Gasteiger partial charge in [-0.15, -0.1) is 0 Å². The van der Waals surface area contributed by atoms with Crippen LogP contribution in [0.3, 0.4) is 0 Å². The zero-order chi connectivity index (χ0) is 22.3. The van der Waals surface area contributed by atoms with Crippen molar-refractivity contribution in [2.75, 3.05) is 19.6 Å². The predicted molar refractivity (Wildman–Crippen MR) is 125 cm³/mol. The number of nitrogens with zero attached hydrogens (tertiary/aromatic N) is 3. The maximum Gasteiger partial charge on any atom is 0.221 e. The van der Waals surface area contributed by atoms with Crippen LogP contribution in [-0.2, 0) is 22.7 Å². The highest BCUT2D eigenvalue weighted by Crippen LogP contribution is 2.16. The fourth-order valence-corrected chi connectivity index (χ4v) is 4.22. The molecule has 0 atom stereocenters. The Hall–Kier alpha value is -3.19. The Morgan fingerprint density at radius 3 is 2.53 bits per heavy atom. The first kappa shape index (κ1) is 22.0. The van der Waals surface area contributed by atoms with Crippen molar-refractivity contribution in [3.8, 4) is 0 Å². The number of piperidine rings is 1. The lowest BCUT2D eigenvalue weighted by Crippen LogP contribution is -2.45. The second-order valence-electron chi connectivity index (χ2n) is 8.49. The van der Waals surface area contributed by atoms with Gasteiger partial charge in [0.1, 0.15) is 5.82 Å². The van der Waals surface area contributed by atoms with Gasteiger partial charge < -0.3 is 15.2 Å². The van der Waals surface area contributed by atoms with E-state index in [1.165, 1.54) is 0 Å². The summed E-state index contributed by atoms with van der Waals surface area (Å²) in [5, 5.41) is 3.16. The Bertz CT molecular complexity index is 1010. The van der Waals surface area contributed by atoms with Crippen LogP contribution in [0.1, 0.15) is 37.6 Å². The van der Waals surface area contributed by atoms with Gasteiger partial charge in [0.05, 0.1) is 17.6 Å². The molecule has 2 heterocycles. The lowest BCUT2D eigenvalue weighted by molar-refractivity contribution is -0.130. The lowest BCUT2D eigenvalue weighted by atomic mass is 10.0. The van der Waals surface area contributed by atoms with Gasteiger partial charge in [0.2, 0.25) is 11.8 Å². The molecule has 1 saturated heterocycles. The molecule has 0 spiro atoms. The Balaban J connectivity index is 1.19. The Morgan fingerprint density at radius 2 is 1.81 bits per heavy atom. The first-order chi connectivity index (χ1) is 15.6. The summed E-state index contributed by atoms with van der Waals surface area (Å²) in [6, 6.07) is 18.1. The molecular weight excluding hydrogens is 402 g/mol. The van der Waals surface area contributed by atoms with Gasteiger partial charge in [-0.25, -0.2) is 4.98 Å². The Kier molecular flexibility index (Phi) is 7.17. The van der Waals surface area contributed by atoms with E-state index in [-0.39, 0.29) is 17.9 Å². The van der Waals surface area contributed by atoms with E-state index in [4.69, 9.17) is 0 Å². The maximum absolute atomic E-state index is 12.5. The minimum Gasteiger partial charge on any atom is -0.353 e. The minimum atomic E-state index is -0.0134. The summed E-state index contributed by atoms with van der Waals surface area (Å²) in [7, 11) is 0. The first-order valence-corrected chi connectivity index (χ1v) is 11.3. The topological polar surface area (TPSA) is 81.3 Å². The second-order valence-corrected chi connectivity index (χ2v) is 8.49. The fourth-order valence-electron chi connectivity index (χ4n) is 4.22. The molecule has 2 amide bonds. The van der Waals surface area contributed by atoms with Crippen LogP contribution < -0.4 is 5.32 Å². The van der Waals surface area contributed by atoms with Gasteiger partial charge in [-0.05, 0) is 30.5 Å². The van der Waals surface area contributed by atoms with Crippen molar-refractivity contribution in [1.29, 1.82) is 0 Å². The molecule has 0 bridgehead atoms. The van der Waals surface area contributed by atoms with Crippen molar-refractivity contribution in [3.05, 3.63) is 66.0 Å². The normalized spacial score (nSPS) is 15.0. The van der Waals surface area contributed by atoms with E-state index < -0.39 is 0 Å². The van der Waals surface area contributed by atoms with Gasteiger partial charge in [0.15, 0.2) is 0 Å². The largest absolute Gasteiger partial charge is 0.353 e. The third-order valence-electron chi connectivity index (χ3n) is 6.03. The van der Waals surface area contributed by atoms with E-state index in [1.54, 1.807) is 11.8 Å². The summed E-state index contributed by atoms with van der Waals surface area (Å²) in [5.41, 5.74) is 3.13. The lowest BCUT2D eigenvalue weighted by Gasteiger charge is -2.32. The van der Waals surface area contributed by atoms with Crippen LogP contribution in [0.25, 0.3) is 11.0 Å². The highest BCUT2D eigenvalue weighted by atomic mass is 16.2. The third kappa shape index (κ3) is 5.95. The number of aromatic nitrogens is 2. The third-order valence-corrected chi connectivity index (χ3v) is 6.03. The van der Waals surface area contributed by atoms with E-state index in [0.29, 0.717) is 19.5 Å². The van der Waals surface area contributed by atoms with Crippen molar-refractivity contribution >= 4 is 22.8 Å². The van der Waals surface area contributed by atoms with Gasteiger partial charge in [-0.2, -0.15) is 0 Å². The van der Waals surface area contributed by atoms with Crippen molar-refractivity contribution in [3.63, 3.8) is 0 Å². The average molecular weight is 434 g/mol. The number of hydrogen-bond donors (Lipinski definition) is 2. The molecule has 0 radical (unpaired) electrons. The molecule has 0 unspecified atom stereocenters. The molecule has 0 aliphatic carbocycles. The number of amides is 2. The summed E-state index contributed by atoms with van der Waals surface area (Å²) < 4.78 is 0. The molecule has 1 aliphatic heterocycles. The Labute approximate surface area is 188 Å². The molecule has 2 aromatic carbocycles. The molecule has 7 heteroatoms. The standard InChI is InChI=1S/C25H31N5O2/c1-19(31)30(17-20-7-3-2-4-8-20)16-13-25(32)26-21-11-14-29(15-12-21)18-24-27-22-9-5-6-10-23(22)28-24/h2-10,21H,11-18H2,1H3,(H,26,32)(H,27,28). The number of hydrogen-bond acceptors (Lipinski definition) is 4. The number of benzene rings is 2. The predicted octanol–water partition coefficient (Wildman–Crippen LogP) is 3.08. The van der Waals surface area contributed by atoms with E-state index >= 15 is 0 Å². The molecule has 168 valence electrons. The number of carbonyl (C=O) groups excluding carboxylic acids is 2. The summed E-state index contributed by atoms with van der Waals surface area (Å²) in [6.45, 7) is 5.16. The van der Waals surface area contributed by atoms with Crippen molar-refractivity contribution in [1.82, 2.24) is 25.1 Å². The fraction of sp³-hybridized carbons (Fsp3) is 0.400. The highest BCUT2D eigenvalue weighted by molar-refractivity contribution is 5.78. The van der Waals surface area contributed by atoms with E-state index in [0.717, 1.165) is 54.9 Å². The average Bonchev–Trinajstić information content (AvgIpc) is 3.21. The number of fused-ring (bicyclic) bond motifs is 1. The van der Waals surface area contributed by atoms with Gasteiger partial charge in [-0.1, -0.05) is 42.5 Å². The zero-order valence-electron chi connectivity index (χ0n) is 18.6. The molecule has 1 fully saturated rings. The van der Waals surface area contributed by atoms with Crippen molar-refractivity contribution in [2.24, 2.45) is 0 Å². The minimum absolute atomic E-state index is 0.0134. The van der Waals surface area contributed by atoms with Gasteiger partial charge in [0.25, 0.3) is 0 Å². The molecule has 4 rings (SSSR count). The van der Waals surface area contributed by atoms with Crippen molar-refractivity contribution < 1.29 is 9.59 Å². The van der Waals surface area contributed by atoms with Crippen LogP contribution in [0.4, 0.5) is 0 Å². The number of carbonyl (C=O) groups is 2. The molecular formula is C25H31N5O2. The molecule has 32 heavy (non-hydrogen) atoms. The molecule has 2 N–H and O–H groups in total. The summed E-state index contributed by atoms with van der Waals surface area (Å²) in [6.07, 6.45) is 2.17. The van der Waals surface area contributed by atoms with Gasteiger partial charge in [0, 0.05) is 45.6 Å². The number of likely N-dealkylation sites (tertiary alicyclic amines) is 1. The van der Waals surface area contributed by atoms with Crippen molar-refractivity contribution in [2.45, 2.75) is 45.3 Å². The molecule has 0 saturated carbocycles. The number of H-pyrrole nitrogens is 1. The number of nitrogens with one attached hydrogen (secondary N) is 2. The van der Waals surface area contributed by atoms with Crippen LogP contribution in [0.15, 0.2) is 54.6 Å². The van der Waals surface area contributed by atoms with Crippen LogP contribution in [-0.4, -0.2) is 57.3 Å². The van der Waals surface area contributed by atoms with E-state index in [9.17, 15) is 9.59 Å². The summed E-state index contributed by atoms with van der Waals surface area (Å²) >= 11 is 0. The van der Waals surface area contributed by atoms with Crippen LogP contribution >= 0.6 is 0 Å². The molecule has 1 aromatic heterocycles. The second kappa shape index (κ2) is 10.4. The summed E-state index contributed by atoms with van der Waals surface area (Å²) in [5.74, 6) is 0.983. The quantitative estimate of drug-likeness (QED) is 0.572. The van der Waals surface area contributed by atoms with Crippen LogP contribution in [0, 0.1) is 0 Å². The smallest absolute Gasteiger partial charge is 0.221 e. The summed E-state index contributed by atoms with van der Waals surface area (Å²) in [4.78, 5) is 36.6. The van der Waals surface area contributed by atoms with Gasteiger partial charge >= 0.3 is 0 Å². The SMILES string of the molecule is CC(=O)N(CCC(=O)NC1CCN(Cc2nc3ccccc3[nH]2)CC1)Cc1ccccc1. The molecule has 1 aliphatic rings. The van der Waals surface area contributed by atoms with E-state index in [1.807, 2.05) is 54.6 Å².